The smallest absolute Gasteiger partial charge is 0.131 e. The molecule has 2 aromatic rings. The summed E-state index contributed by atoms with van der Waals surface area (Å²) in [7, 11) is 1.67. The number of nitrogens with two attached hydrogens (primary N) is 1. The highest BCUT2D eigenvalue weighted by atomic mass is 16.5. The van der Waals surface area contributed by atoms with Gasteiger partial charge >= 0.3 is 0 Å². The van der Waals surface area contributed by atoms with Crippen molar-refractivity contribution < 1.29 is 9.47 Å². The van der Waals surface area contributed by atoms with Gasteiger partial charge in [-0.05, 0) is 54.3 Å². The summed E-state index contributed by atoms with van der Waals surface area (Å²) in [5, 5.41) is 0. The third kappa shape index (κ3) is 3.48. The highest BCUT2D eigenvalue weighted by Crippen LogP contribution is 2.37. The lowest BCUT2D eigenvalue weighted by atomic mass is 9.86. The Morgan fingerprint density at radius 1 is 0.952 bits per heavy atom. The van der Waals surface area contributed by atoms with Gasteiger partial charge in [0, 0.05) is 11.3 Å². The average Bonchev–Trinajstić information content (AvgIpc) is 2.42. The Morgan fingerprint density at radius 2 is 1.62 bits per heavy atom. The molecule has 0 bridgehead atoms. The van der Waals surface area contributed by atoms with E-state index in [2.05, 4.69) is 20.8 Å². The number of benzene rings is 2. The first-order chi connectivity index (χ1) is 9.81. The predicted octanol–water partition coefficient (Wildman–Crippen LogP) is 4.68. The van der Waals surface area contributed by atoms with E-state index in [1.165, 1.54) is 0 Å². The van der Waals surface area contributed by atoms with Crippen LogP contribution in [-0.2, 0) is 5.41 Å². The molecule has 2 N–H and O–H groups in total. The van der Waals surface area contributed by atoms with E-state index < -0.39 is 0 Å². The molecule has 0 aromatic heterocycles. The van der Waals surface area contributed by atoms with Crippen LogP contribution in [0.3, 0.4) is 0 Å². The van der Waals surface area contributed by atoms with Crippen molar-refractivity contribution in [3.8, 4) is 17.2 Å². The van der Waals surface area contributed by atoms with E-state index in [0.717, 1.165) is 34.1 Å². The van der Waals surface area contributed by atoms with Crippen LogP contribution in [0, 0.1) is 6.92 Å². The number of ether oxygens (including phenoxy) is 2. The average molecular weight is 285 g/mol. The Balaban J connectivity index is 2.41. The molecule has 0 unspecified atom stereocenters. The molecule has 0 atom stereocenters. The van der Waals surface area contributed by atoms with Gasteiger partial charge in [0.2, 0.25) is 0 Å². The summed E-state index contributed by atoms with van der Waals surface area (Å²) in [6, 6.07) is 11.6. The molecule has 0 aliphatic carbocycles. The Kier molecular flexibility index (Phi) is 4.12. The maximum absolute atomic E-state index is 6.06. The van der Waals surface area contributed by atoms with Crippen molar-refractivity contribution in [1.82, 2.24) is 0 Å². The monoisotopic (exact) mass is 285 g/mol. The first-order valence-electron chi connectivity index (χ1n) is 7.04. The van der Waals surface area contributed by atoms with Crippen molar-refractivity contribution in [2.24, 2.45) is 0 Å². The molecule has 0 saturated heterocycles. The van der Waals surface area contributed by atoms with Crippen LogP contribution in [0.1, 0.15) is 31.9 Å². The van der Waals surface area contributed by atoms with Gasteiger partial charge in [-0.15, -0.1) is 0 Å². The molecule has 112 valence electrons. The van der Waals surface area contributed by atoms with E-state index in [1.807, 2.05) is 43.3 Å². The first kappa shape index (κ1) is 15.2. The highest BCUT2D eigenvalue weighted by molar-refractivity contribution is 5.52. The summed E-state index contributed by atoms with van der Waals surface area (Å²) in [5.41, 5.74) is 8.70. The zero-order valence-electron chi connectivity index (χ0n) is 13.4. The van der Waals surface area contributed by atoms with Crippen LogP contribution in [0.2, 0.25) is 0 Å². The number of methoxy groups -OCH3 is 1. The van der Waals surface area contributed by atoms with Crippen LogP contribution < -0.4 is 15.2 Å². The zero-order valence-corrected chi connectivity index (χ0v) is 13.4. The number of hydrogen-bond acceptors (Lipinski definition) is 3. The number of hydrogen-bond donors (Lipinski definition) is 1. The van der Waals surface area contributed by atoms with E-state index in [-0.39, 0.29) is 5.41 Å². The largest absolute Gasteiger partial charge is 0.497 e. The molecule has 0 spiro atoms. The van der Waals surface area contributed by atoms with E-state index in [0.29, 0.717) is 0 Å². The Morgan fingerprint density at radius 3 is 2.19 bits per heavy atom. The highest BCUT2D eigenvalue weighted by Gasteiger charge is 2.20. The standard InChI is InChI=1S/C18H23NO2/c1-12-10-14(6-8-16(12)19)21-17-9-7-13(20-5)11-15(17)18(2,3)4/h6-11H,19H2,1-5H3. The molecule has 3 nitrogen and oxygen atoms in total. The van der Waals surface area contributed by atoms with Crippen LogP contribution in [0.4, 0.5) is 5.69 Å². The van der Waals surface area contributed by atoms with Crippen molar-refractivity contribution in [2.75, 3.05) is 12.8 Å². The van der Waals surface area contributed by atoms with E-state index >= 15 is 0 Å². The molecule has 0 amide bonds. The van der Waals surface area contributed by atoms with E-state index in [1.54, 1.807) is 7.11 Å². The molecule has 0 radical (unpaired) electrons. The molecular formula is C18H23NO2. The van der Waals surface area contributed by atoms with Gasteiger partial charge in [0.05, 0.1) is 7.11 Å². The third-order valence-electron chi connectivity index (χ3n) is 3.46. The second-order valence-electron chi connectivity index (χ2n) is 6.23. The Hall–Kier alpha value is -2.16. The molecule has 0 heterocycles. The van der Waals surface area contributed by atoms with Crippen molar-refractivity contribution in [3.63, 3.8) is 0 Å². The van der Waals surface area contributed by atoms with Crippen LogP contribution >= 0.6 is 0 Å². The maximum atomic E-state index is 6.06. The molecule has 0 aliphatic heterocycles. The zero-order chi connectivity index (χ0) is 15.6. The van der Waals surface area contributed by atoms with Crippen molar-refractivity contribution in [1.29, 1.82) is 0 Å². The summed E-state index contributed by atoms with van der Waals surface area (Å²) in [4.78, 5) is 0. The van der Waals surface area contributed by atoms with Crippen LogP contribution in [0.25, 0.3) is 0 Å². The van der Waals surface area contributed by atoms with Gasteiger partial charge in [-0.2, -0.15) is 0 Å². The fraction of sp³-hybridized carbons (Fsp3) is 0.333. The minimum Gasteiger partial charge on any atom is -0.497 e. The van der Waals surface area contributed by atoms with Gasteiger partial charge in [0.1, 0.15) is 17.2 Å². The minimum atomic E-state index is -0.0350. The van der Waals surface area contributed by atoms with Gasteiger partial charge in [0.25, 0.3) is 0 Å². The predicted molar refractivity (Wildman–Crippen MR) is 87.4 cm³/mol. The molecule has 21 heavy (non-hydrogen) atoms. The summed E-state index contributed by atoms with van der Waals surface area (Å²) in [6.45, 7) is 8.44. The topological polar surface area (TPSA) is 44.5 Å². The van der Waals surface area contributed by atoms with Gasteiger partial charge in [-0.1, -0.05) is 20.8 Å². The summed E-state index contributed by atoms with van der Waals surface area (Å²) in [5.74, 6) is 2.46. The maximum Gasteiger partial charge on any atom is 0.131 e. The molecule has 0 aliphatic rings. The summed E-state index contributed by atoms with van der Waals surface area (Å²) < 4.78 is 11.4. The Bertz CT molecular complexity index is 642. The first-order valence-corrected chi connectivity index (χ1v) is 7.04. The lowest BCUT2D eigenvalue weighted by Gasteiger charge is -2.23. The lowest BCUT2D eigenvalue weighted by molar-refractivity contribution is 0.407. The number of aryl methyl sites for hydroxylation is 1. The fourth-order valence-electron chi connectivity index (χ4n) is 2.15. The van der Waals surface area contributed by atoms with Crippen molar-refractivity contribution in [2.45, 2.75) is 33.1 Å². The second kappa shape index (κ2) is 5.68. The van der Waals surface area contributed by atoms with Gasteiger partial charge in [-0.3, -0.25) is 0 Å². The van der Waals surface area contributed by atoms with Crippen molar-refractivity contribution >= 4 is 5.69 Å². The van der Waals surface area contributed by atoms with E-state index in [4.69, 9.17) is 15.2 Å². The van der Waals surface area contributed by atoms with Crippen LogP contribution in [0.15, 0.2) is 36.4 Å². The molecule has 0 fully saturated rings. The fourth-order valence-corrected chi connectivity index (χ4v) is 2.15. The van der Waals surface area contributed by atoms with Gasteiger partial charge in [0.15, 0.2) is 0 Å². The lowest BCUT2D eigenvalue weighted by Crippen LogP contribution is -2.12. The molecular weight excluding hydrogens is 262 g/mol. The van der Waals surface area contributed by atoms with Crippen LogP contribution in [-0.4, -0.2) is 7.11 Å². The van der Waals surface area contributed by atoms with E-state index in [9.17, 15) is 0 Å². The quantitative estimate of drug-likeness (QED) is 0.833. The summed E-state index contributed by atoms with van der Waals surface area (Å²) in [6.07, 6.45) is 0. The molecule has 3 heteroatoms. The molecule has 2 aromatic carbocycles. The number of nitrogen functional groups attached to an aromatic ring is 1. The van der Waals surface area contributed by atoms with Gasteiger partial charge in [-0.25, -0.2) is 0 Å². The minimum absolute atomic E-state index is 0.0350. The second-order valence-corrected chi connectivity index (χ2v) is 6.23. The van der Waals surface area contributed by atoms with Gasteiger partial charge < -0.3 is 15.2 Å². The normalized spacial score (nSPS) is 11.3. The van der Waals surface area contributed by atoms with Crippen molar-refractivity contribution in [3.05, 3.63) is 47.5 Å². The number of anilines is 1. The SMILES string of the molecule is COc1ccc(Oc2ccc(N)c(C)c2)c(C(C)(C)C)c1. The molecule has 0 saturated carbocycles. The third-order valence-corrected chi connectivity index (χ3v) is 3.46. The summed E-state index contributed by atoms with van der Waals surface area (Å²) >= 11 is 0. The molecule has 2 rings (SSSR count). The number of rotatable bonds is 3. The Labute approximate surface area is 126 Å². The van der Waals surface area contributed by atoms with Crippen LogP contribution in [0.5, 0.6) is 17.2 Å².